The molecule has 2 aromatic heterocycles. The van der Waals surface area contributed by atoms with E-state index in [1.807, 2.05) is 13.8 Å². The maximum Gasteiger partial charge on any atom is 0.257 e. The van der Waals surface area contributed by atoms with Gasteiger partial charge in [-0.05, 0) is 62.4 Å². The van der Waals surface area contributed by atoms with Crippen LogP contribution in [0.25, 0.3) is 10.8 Å². The highest BCUT2D eigenvalue weighted by Crippen LogP contribution is 2.30. The third-order valence-electron chi connectivity index (χ3n) is 4.38. The van der Waals surface area contributed by atoms with Crippen molar-refractivity contribution in [1.29, 1.82) is 0 Å². The van der Waals surface area contributed by atoms with Gasteiger partial charge in [-0.15, -0.1) is 10.2 Å². The molecule has 0 bridgehead atoms. The van der Waals surface area contributed by atoms with E-state index in [1.54, 1.807) is 42.5 Å². The number of furan rings is 1. The average Bonchev–Trinajstić information content (AvgIpc) is 3.45. The Morgan fingerprint density at radius 3 is 2.41 bits per heavy atom. The number of nitrogens with zero attached hydrogens (tertiary/aromatic N) is 2. The third kappa shape index (κ3) is 5.80. The number of rotatable bonds is 8. The maximum atomic E-state index is 12.9. The van der Waals surface area contributed by atoms with Gasteiger partial charge in [-0.1, -0.05) is 11.3 Å². The zero-order valence-corrected chi connectivity index (χ0v) is 20.1. The predicted molar refractivity (Wildman–Crippen MR) is 127 cm³/mol. The number of anilines is 1. The second-order valence-electron chi connectivity index (χ2n) is 7.55. The normalized spacial score (nSPS) is 11.4. The molecule has 2 aromatic carbocycles. The number of carbonyl (C=O) groups is 1. The van der Waals surface area contributed by atoms with Gasteiger partial charge < -0.3 is 13.9 Å². The quantitative estimate of drug-likeness (QED) is 0.358. The molecule has 0 radical (unpaired) electrons. The highest BCUT2D eigenvalue weighted by Gasteiger charge is 2.16. The number of benzene rings is 2. The largest absolute Gasteiger partial charge is 0.491 e. The molecular formula is C23H21N3O6S2. The van der Waals surface area contributed by atoms with Gasteiger partial charge in [0.25, 0.3) is 5.91 Å². The monoisotopic (exact) mass is 499 g/mol. The topological polar surface area (TPSA) is 121 Å². The molecule has 0 aliphatic carbocycles. The molecule has 176 valence electrons. The summed E-state index contributed by atoms with van der Waals surface area (Å²) in [5.74, 6) is 1.34. The van der Waals surface area contributed by atoms with Crippen LogP contribution < -0.4 is 14.8 Å². The van der Waals surface area contributed by atoms with Crippen LogP contribution in [0.1, 0.15) is 24.2 Å². The summed E-state index contributed by atoms with van der Waals surface area (Å²) in [6.07, 6.45) is 2.54. The first kappa shape index (κ1) is 23.5. The first-order valence-electron chi connectivity index (χ1n) is 10.2. The van der Waals surface area contributed by atoms with E-state index >= 15 is 0 Å². The van der Waals surface area contributed by atoms with Crippen molar-refractivity contribution < 1.29 is 27.1 Å². The highest BCUT2D eigenvalue weighted by atomic mass is 32.2. The van der Waals surface area contributed by atoms with Gasteiger partial charge in [0.15, 0.2) is 20.6 Å². The number of hydrogen-bond donors (Lipinski definition) is 1. The first-order valence-corrected chi connectivity index (χ1v) is 12.9. The minimum Gasteiger partial charge on any atom is -0.491 e. The van der Waals surface area contributed by atoms with E-state index in [0.717, 1.165) is 6.26 Å². The van der Waals surface area contributed by atoms with E-state index in [4.69, 9.17) is 13.9 Å². The predicted octanol–water partition coefficient (Wildman–Crippen LogP) is 5.03. The summed E-state index contributed by atoms with van der Waals surface area (Å²) in [4.78, 5) is 13.1. The smallest absolute Gasteiger partial charge is 0.257 e. The zero-order chi connectivity index (χ0) is 24.3. The van der Waals surface area contributed by atoms with Crippen LogP contribution in [0.2, 0.25) is 0 Å². The molecular weight excluding hydrogens is 478 g/mol. The minimum atomic E-state index is -3.32. The molecule has 0 aliphatic heterocycles. The van der Waals surface area contributed by atoms with Crippen molar-refractivity contribution in [2.75, 3.05) is 11.6 Å². The van der Waals surface area contributed by atoms with Crippen molar-refractivity contribution in [1.82, 2.24) is 10.2 Å². The molecule has 4 aromatic rings. The number of sulfone groups is 1. The Labute approximate surface area is 200 Å². The number of ether oxygens (including phenoxy) is 2. The van der Waals surface area contributed by atoms with Crippen molar-refractivity contribution in [3.63, 3.8) is 0 Å². The second-order valence-corrected chi connectivity index (χ2v) is 10.5. The summed E-state index contributed by atoms with van der Waals surface area (Å²) in [7, 11) is -3.32. The van der Waals surface area contributed by atoms with Crippen LogP contribution in [-0.4, -0.2) is 36.9 Å². The van der Waals surface area contributed by atoms with Gasteiger partial charge in [0.2, 0.25) is 5.13 Å². The SMILES string of the molecule is CC(C)Oc1cc(Oc2ccc(S(C)(=O)=O)cc2)cc(C(=O)Nc2nnc(-c3ccco3)s2)c1. The van der Waals surface area contributed by atoms with Gasteiger partial charge in [0.1, 0.15) is 17.2 Å². The van der Waals surface area contributed by atoms with Crippen molar-refractivity contribution in [2.45, 2.75) is 24.8 Å². The number of aromatic nitrogens is 2. The molecule has 11 heteroatoms. The standard InChI is InChI=1S/C23H21N3O6S2/c1-14(2)31-17-11-15(21(27)24-23-26-25-22(33-23)20-5-4-10-30-20)12-18(13-17)32-16-6-8-19(9-7-16)34(3,28)29/h4-14H,1-3H3,(H,24,26,27). The van der Waals surface area contributed by atoms with E-state index in [1.165, 1.54) is 29.7 Å². The Morgan fingerprint density at radius 2 is 1.76 bits per heavy atom. The Balaban J connectivity index is 1.56. The number of carbonyl (C=O) groups excluding carboxylic acids is 1. The highest BCUT2D eigenvalue weighted by molar-refractivity contribution is 7.90. The molecule has 1 amide bonds. The molecule has 1 N–H and O–H groups in total. The van der Waals surface area contributed by atoms with Gasteiger partial charge in [0.05, 0.1) is 17.3 Å². The molecule has 2 heterocycles. The summed E-state index contributed by atoms with van der Waals surface area (Å²) >= 11 is 1.18. The van der Waals surface area contributed by atoms with Crippen molar-refractivity contribution in [3.05, 3.63) is 66.4 Å². The fourth-order valence-corrected chi connectivity index (χ4v) is 4.27. The first-order chi connectivity index (χ1) is 16.2. The maximum absolute atomic E-state index is 12.9. The van der Waals surface area contributed by atoms with Crippen LogP contribution in [0, 0.1) is 0 Å². The number of nitrogens with one attached hydrogen (secondary N) is 1. The van der Waals surface area contributed by atoms with Gasteiger partial charge in [0, 0.05) is 17.9 Å². The van der Waals surface area contributed by atoms with E-state index in [-0.39, 0.29) is 16.6 Å². The second kappa shape index (κ2) is 9.65. The molecule has 0 saturated carbocycles. The molecule has 0 spiro atoms. The number of amides is 1. The number of hydrogen-bond acceptors (Lipinski definition) is 9. The summed E-state index contributed by atoms with van der Waals surface area (Å²) < 4.78 is 40.3. The fourth-order valence-electron chi connectivity index (χ4n) is 2.94. The minimum absolute atomic E-state index is 0.126. The van der Waals surface area contributed by atoms with Crippen LogP contribution >= 0.6 is 11.3 Å². The fraction of sp³-hybridized carbons (Fsp3) is 0.174. The Kier molecular flexibility index (Phi) is 6.66. The van der Waals surface area contributed by atoms with Crippen LogP contribution in [-0.2, 0) is 9.84 Å². The van der Waals surface area contributed by atoms with E-state index < -0.39 is 15.7 Å². The van der Waals surface area contributed by atoms with E-state index in [0.29, 0.717) is 33.1 Å². The van der Waals surface area contributed by atoms with Crippen molar-refractivity contribution >= 4 is 32.2 Å². The lowest BCUT2D eigenvalue weighted by Crippen LogP contribution is -2.13. The van der Waals surface area contributed by atoms with Gasteiger partial charge in [-0.3, -0.25) is 10.1 Å². The average molecular weight is 500 g/mol. The lowest BCUT2D eigenvalue weighted by atomic mass is 10.2. The zero-order valence-electron chi connectivity index (χ0n) is 18.5. The van der Waals surface area contributed by atoms with Gasteiger partial charge in [-0.25, -0.2) is 8.42 Å². The van der Waals surface area contributed by atoms with Crippen molar-refractivity contribution in [2.24, 2.45) is 0 Å². The van der Waals surface area contributed by atoms with E-state index in [9.17, 15) is 13.2 Å². The lowest BCUT2D eigenvalue weighted by Gasteiger charge is -2.14. The lowest BCUT2D eigenvalue weighted by molar-refractivity contribution is 0.102. The summed E-state index contributed by atoms with van der Waals surface area (Å²) in [6.45, 7) is 3.74. The Bertz CT molecular complexity index is 1400. The van der Waals surface area contributed by atoms with Crippen LogP contribution in [0.3, 0.4) is 0 Å². The van der Waals surface area contributed by atoms with Crippen LogP contribution in [0.5, 0.6) is 17.2 Å². The van der Waals surface area contributed by atoms with Crippen molar-refractivity contribution in [3.8, 4) is 28.0 Å². The van der Waals surface area contributed by atoms with Gasteiger partial charge in [-0.2, -0.15) is 0 Å². The van der Waals surface area contributed by atoms with E-state index in [2.05, 4.69) is 15.5 Å². The molecule has 0 atom stereocenters. The Hall–Kier alpha value is -3.70. The summed E-state index contributed by atoms with van der Waals surface area (Å²) in [5.41, 5.74) is 0.288. The molecule has 0 aliphatic rings. The van der Waals surface area contributed by atoms with Gasteiger partial charge >= 0.3 is 0 Å². The summed E-state index contributed by atoms with van der Waals surface area (Å²) in [5, 5.41) is 11.6. The van der Waals surface area contributed by atoms with Crippen LogP contribution in [0.4, 0.5) is 5.13 Å². The molecule has 0 saturated heterocycles. The molecule has 4 rings (SSSR count). The summed E-state index contributed by atoms with van der Waals surface area (Å²) in [6, 6.07) is 14.3. The third-order valence-corrected chi connectivity index (χ3v) is 6.36. The Morgan fingerprint density at radius 1 is 1.03 bits per heavy atom. The molecule has 34 heavy (non-hydrogen) atoms. The molecule has 0 fully saturated rings. The molecule has 9 nitrogen and oxygen atoms in total. The molecule has 0 unspecified atom stereocenters. The van der Waals surface area contributed by atoms with Crippen LogP contribution in [0.15, 0.2) is 70.2 Å².